The molecule has 82 valence electrons. The molecule has 0 unspecified atom stereocenters. The molecule has 0 spiro atoms. The van der Waals surface area contributed by atoms with Gasteiger partial charge in [0.2, 0.25) is 0 Å². The van der Waals surface area contributed by atoms with Gasteiger partial charge in [-0.05, 0) is 13.0 Å². The summed E-state index contributed by atoms with van der Waals surface area (Å²) in [4.78, 5) is 19.0. The van der Waals surface area contributed by atoms with E-state index in [0.29, 0.717) is 23.3 Å². The molecule has 5 heteroatoms. The number of nitrogens with one attached hydrogen (secondary N) is 1. The molecule has 5 nitrogen and oxygen atoms in total. The van der Waals surface area contributed by atoms with Gasteiger partial charge in [-0.3, -0.25) is 0 Å². The number of fused-ring (bicyclic) bond motifs is 1. The highest BCUT2D eigenvalue weighted by molar-refractivity contribution is 6.06. The normalized spacial score (nSPS) is 10.3. The van der Waals surface area contributed by atoms with Crippen LogP contribution in [0, 0.1) is 0 Å². The predicted octanol–water partition coefficient (Wildman–Crippen LogP) is 0.425. The van der Waals surface area contributed by atoms with Crippen LogP contribution in [-0.2, 0) is 0 Å². The number of carbonyl (C=O) groups excluding carboxylic acids is 1. The Morgan fingerprint density at radius 2 is 2.25 bits per heavy atom. The molecule has 0 fully saturated rings. The number of anilines is 1. The number of hydrogen-bond acceptors (Lipinski definition) is 5. The number of aromatic nitrogens is 2. The summed E-state index contributed by atoms with van der Waals surface area (Å²) in [5.41, 5.74) is 0.696. The average Bonchev–Trinajstić information content (AvgIpc) is 2.29. The van der Waals surface area contributed by atoms with Crippen LogP contribution in [0.3, 0.4) is 0 Å². The minimum Gasteiger partial charge on any atom is -0.545 e. The lowest BCUT2D eigenvalue weighted by molar-refractivity contribution is -0.254. The number of hydrogen-bond donors (Lipinski definition) is 1. The van der Waals surface area contributed by atoms with Crippen molar-refractivity contribution in [3.05, 3.63) is 30.1 Å². The van der Waals surface area contributed by atoms with Crippen LogP contribution < -0.4 is 10.4 Å². The topological polar surface area (TPSA) is 77.9 Å². The van der Waals surface area contributed by atoms with E-state index in [1.165, 1.54) is 12.4 Å². The molecule has 0 aliphatic carbocycles. The molecular formula is C11H10N3O2-. The van der Waals surface area contributed by atoms with Crippen LogP contribution in [0.15, 0.2) is 24.5 Å². The summed E-state index contributed by atoms with van der Waals surface area (Å²) in [5, 5.41) is 14.5. The van der Waals surface area contributed by atoms with Gasteiger partial charge in [-0.1, -0.05) is 12.1 Å². The van der Waals surface area contributed by atoms with Crippen molar-refractivity contribution in [2.75, 3.05) is 11.9 Å². The summed E-state index contributed by atoms with van der Waals surface area (Å²) in [5.74, 6) is -0.702. The third-order valence-electron chi connectivity index (χ3n) is 2.23. The second-order valence-corrected chi connectivity index (χ2v) is 3.24. The number of carboxylic acid groups (broad SMARTS) is 1. The fraction of sp³-hybridized carbons (Fsp3) is 0.182. The minimum absolute atomic E-state index is 0.106. The predicted molar refractivity (Wildman–Crippen MR) is 58.0 cm³/mol. The molecule has 0 atom stereocenters. The van der Waals surface area contributed by atoms with Crippen LogP contribution in [-0.4, -0.2) is 22.5 Å². The standard InChI is InChI=1S/C11H11N3O2/c1-2-12-10-9-7(11(15)16)4-3-5-8(9)13-6-14-10/h3-6H,2H2,1H3,(H,15,16)(H,12,13,14)/p-1. The summed E-state index contributed by atoms with van der Waals surface area (Å²) < 4.78 is 0. The molecule has 0 radical (unpaired) electrons. The van der Waals surface area contributed by atoms with Crippen LogP contribution in [0.4, 0.5) is 5.82 Å². The fourth-order valence-electron chi connectivity index (χ4n) is 1.58. The van der Waals surface area contributed by atoms with E-state index in [-0.39, 0.29) is 5.56 Å². The second-order valence-electron chi connectivity index (χ2n) is 3.24. The fourth-order valence-corrected chi connectivity index (χ4v) is 1.58. The molecule has 0 saturated heterocycles. The third kappa shape index (κ3) is 1.67. The first-order valence-electron chi connectivity index (χ1n) is 4.93. The first kappa shape index (κ1) is 10.4. The molecule has 0 bridgehead atoms. The molecule has 1 aromatic heterocycles. The highest BCUT2D eigenvalue weighted by atomic mass is 16.4. The van der Waals surface area contributed by atoms with Crippen molar-refractivity contribution in [3.8, 4) is 0 Å². The van der Waals surface area contributed by atoms with Gasteiger partial charge in [0.1, 0.15) is 12.1 Å². The average molecular weight is 216 g/mol. The lowest BCUT2D eigenvalue weighted by atomic mass is 10.1. The van der Waals surface area contributed by atoms with E-state index in [9.17, 15) is 9.90 Å². The Balaban J connectivity index is 2.76. The molecule has 0 saturated carbocycles. The molecule has 0 aliphatic rings. The number of rotatable bonds is 3. The number of nitrogens with zero attached hydrogens (tertiary/aromatic N) is 2. The summed E-state index contributed by atoms with van der Waals surface area (Å²) in [6.07, 6.45) is 1.40. The van der Waals surface area contributed by atoms with E-state index in [0.717, 1.165) is 0 Å². The Hall–Kier alpha value is -2.17. The zero-order valence-corrected chi connectivity index (χ0v) is 8.73. The Bertz CT molecular complexity index is 534. The molecule has 2 rings (SSSR count). The van der Waals surface area contributed by atoms with Crippen molar-refractivity contribution in [1.29, 1.82) is 0 Å². The highest BCUT2D eigenvalue weighted by Gasteiger charge is 2.08. The quantitative estimate of drug-likeness (QED) is 0.804. The zero-order chi connectivity index (χ0) is 11.5. The van der Waals surface area contributed by atoms with Crippen LogP contribution in [0.25, 0.3) is 10.9 Å². The monoisotopic (exact) mass is 216 g/mol. The Labute approximate surface area is 92.2 Å². The van der Waals surface area contributed by atoms with Gasteiger partial charge < -0.3 is 15.2 Å². The van der Waals surface area contributed by atoms with Gasteiger partial charge in [0.25, 0.3) is 0 Å². The van der Waals surface area contributed by atoms with Gasteiger partial charge in [0.15, 0.2) is 0 Å². The molecule has 1 heterocycles. The largest absolute Gasteiger partial charge is 0.545 e. The number of aromatic carboxylic acids is 1. The van der Waals surface area contributed by atoms with Crippen molar-refractivity contribution in [3.63, 3.8) is 0 Å². The lowest BCUT2D eigenvalue weighted by Gasteiger charge is -2.11. The van der Waals surface area contributed by atoms with E-state index in [1.54, 1.807) is 12.1 Å². The van der Waals surface area contributed by atoms with Gasteiger partial charge >= 0.3 is 0 Å². The van der Waals surface area contributed by atoms with Crippen LogP contribution in [0.2, 0.25) is 0 Å². The highest BCUT2D eigenvalue weighted by Crippen LogP contribution is 2.22. The second kappa shape index (κ2) is 4.14. The molecule has 1 aromatic carbocycles. The van der Waals surface area contributed by atoms with Crippen molar-refractivity contribution >= 4 is 22.7 Å². The van der Waals surface area contributed by atoms with E-state index < -0.39 is 5.97 Å². The van der Waals surface area contributed by atoms with Gasteiger partial charge in [-0.25, -0.2) is 9.97 Å². The van der Waals surface area contributed by atoms with Crippen LogP contribution >= 0.6 is 0 Å². The van der Waals surface area contributed by atoms with Gasteiger partial charge in [-0.15, -0.1) is 0 Å². The van der Waals surface area contributed by atoms with Crippen LogP contribution in [0.5, 0.6) is 0 Å². The van der Waals surface area contributed by atoms with Crippen molar-refractivity contribution in [2.45, 2.75) is 6.92 Å². The maximum atomic E-state index is 11.0. The maximum absolute atomic E-state index is 11.0. The molecular weight excluding hydrogens is 206 g/mol. The summed E-state index contributed by atoms with van der Waals surface area (Å²) >= 11 is 0. The van der Waals surface area contributed by atoms with E-state index in [4.69, 9.17) is 0 Å². The first-order valence-corrected chi connectivity index (χ1v) is 4.93. The third-order valence-corrected chi connectivity index (χ3v) is 2.23. The number of benzene rings is 1. The molecule has 1 N–H and O–H groups in total. The Morgan fingerprint density at radius 1 is 1.44 bits per heavy atom. The summed E-state index contributed by atoms with van der Waals surface area (Å²) in [6.45, 7) is 2.57. The van der Waals surface area contributed by atoms with E-state index in [2.05, 4.69) is 15.3 Å². The van der Waals surface area contributed by atoms with Crippen molar-refractivity contribution in [1.82, 2.24) is 9.97 Å². The number of carbonyl (C=O) groups is 1. The summed E-state index contributed by atoms with van der Waals surface area (Å²) in [6, 6.07) is 4.86. The molecule has 16 heavy (non-hydrogen) atoms. The SMILES string of the molecule is CCNc1ncnc2cccc(C(=O)[O-])c12. The van der Waals surface area contributed by atoms with Gasteiger partial charge in [-0.2, -0.15) is 0 Å². The smallest absolute Gasteiger partial charge is 0.137 e. The van der Waals surface area contributed by atoms with Gasteiger partial charge in [0.05, 0.1) is 16.9 Å². The van der Waals surface area contributed by atoms with E-state index in [1.807, 2.05) is 6.92 Å². The van der Waals surface area contributed by atoms with Crippen molar-refractivity contribution in [2.24, 2.45) is 0 Å². The van der Waals surface area contributed by atoms with Gasteiger partial charge in [0, 0.05) is 12.1 Å². The molecule has 2 aromatic rings. The lowest BCUT2D eigenvalue weighted by Crippen LogP contribution is -2.23. The van der Waals surface area contributed by atoms with E-state index >= 15 is 0 Å². The number of carboxylic acids is 1. The Kier molecular flexibility index (Phi) is 2.68. The first-order chi connectivity index (χ1) is 7.74. The zero-order valence-electron chi connectivity index (χ0n) is 8.73. The minimum atomic E-state index is -1.22. The summed E-state index contributed by atoms with van der Waals surface area (Å²) in [7, 11) is 0. The van der Waals surface area contributed by atoms with Crippen LogP contribution in [0.1, 0.15) is 17.3 Å². The van der Waals surface area contributed by atoms with Crippen molar-refractivity contribution < 1.29 is 9.90 Å². The molecule has 0 aliphatic heterocycles. The maximum Gasteiger partial charge on any atom is 0.137 e. The Morgan fingerprint density at radius 3 is 2.94 bits per heavy atom. The molecule has 0 amide bonds.